The van der Waals surface area contributed by atoms with Crippen LogP contribution >= 0.6 is 0 Å². The Morgan fingerprint density at radius 2 is 2.06 bits per heavy atom. The van der Waals surface area contributed by atoms with Crippen LogP contribution in [-0.2, 0) is 4.79 Å². The molecular formula is C11H10N4O2. The number of anilines is 2. The van der Waals surface area contributed by atoms with Crippen LogP contribution < -0.4 is 16.2 Å². The second kappa shape index (κ2) is 3.58. The van der Waals surface area contributed by atoms with Crippen molar-refractivity contribution < 1.29 is 4.79 Å². The third kappa shape index (κ3) is 1.73. The molecule has 2 heterocycles. The molecule has 3 rings (SSSR count). The van der Waals surface area contributed by atoms with E-state index in [2.05, 4.69) is 20.6 Å². The van der Waals surface area contributed by atoms with E-state index in [0.29, 0.717) is 29.7 Å². The van der Waals surface area contributed by atoms with Gasteiger partial charge >= 0.3 is 0 Å². The minimum absolute atomic E-state index is 0.0400. The molecule has 1 aliphatic rings. The fraction of sp³-hybridized carbons (Fsp3) is 0.182. The van der Waals surface area contributed by atoms with Gasteiger partial charge in [-0.15, -0.1) is 0 Å². The Balaban J connectivity index is 2.23. The smallest absolute Gasteiger partial charge is 0.266 e. The van der Waals surface area contributed by atoms with Gasteiger partial charge in [0.25, 0.3) is 5.56 Å². The van der Waals surface area contributed by atoms with E-state index in [1.165, 1.54) is 6.20 Å². The summed E-state index contributed by atoms with van der Waals surface area (Å²) in [6.45, 7) is 0.591. The van der Waals surface area contributed by atoms with Gasteiger partial charge in [0.15, 0.2) is 0 Å². The van der Waals surface area contributed by atoms with Crippen molar-refractivity contribution in [3.8, 4) is 0 Å². The summed E-state index contributed by atoms with van der Waals surface area (Å²) in [5.74, 6) is -0.0400. The maximum Gasteiger partial charge on any atom is 0.266 e. The highest BCUT2D eigenvalue weighted by molar-refractivity contribution is 5.99. The first-order valence-electron chi connectivity index (χ1n) is 5.29. The first kappa shape index (κ1) is 9.83. The van der Waals surface area contributed by atoms with E-state index in [4.69, 9.17) is 0 Å². The summed E-state index contributed by atoms with van der Waals surface area (Å²) in [7, 11) is 0. The molecule has 0 aliphatic carbocycles. The van der Waals surface area contributed by atoms with Gasteiger partial charge in [0.1, 0.15) is 0 Å². The number of hydrogen-bond donors (Lipinski definition) is 3. The number of amides is 1. The van der Waals surface area contributed by atoms with Gasteiger partial charge in [0.05, 0.1) is 28.6 Å². The van der Waals surface area contributed by atoms with E-state index in [9.17, 15) is 9.59 Å². The molecule has 1 aliphatic heterocycles. The molecule has 3 N–H and O–H groups in total. The number of hydrogen-bond acceptors (Lipinski definition) is 4. The lowest BCUT2D eigenvalue weighted by Gasteiger charge is -2.08. The zero-order chi connectivity index (χ0) is 11.8. The van der Waals surface area contributed by atoms with E-state index in [-0.39, 0.29) is 11.5 Å². The number of rotatable bonds is 0. The molecule has 6 nitrogen and oxygen atoms in total. The third-order valence-corrected chi connectivity index (χ3v) is 2.66. The molecule has 6 heteroatoms. The highest BCUT2D eigenvalue weighted by Crippen LogP contribution is 2.27. The Morgan fingerprint density at radius 1 is 1.18 bits per heavy atom. The highest BCUT2D eigenvalue weighted by Gasteiger charge is 2.13. The van der Waals surface area contributed by atoms with Gasteiger partial charge in [-0.1, -0.05) is 0 Å². The van der Waals surface area contributed by atoms with Crippen LogP contribution in [0.15, 0.2) is 23.1 Å². The Morgan fingerprint density at radius 3 is 2.94 bits per heavy atom. The molecule has 2 aromatic rings. The molecule has 0 atom stereocenters. The SMILES string of the molecule is O=C1CCNc2cc3ncc(=O)[nH]c3cc2N1. The topological polar surface area (TPSA) is 86.9 Å². The molecule has 0 saturated carbocycles. The number of nitrogens with one attached hydrogen (secondary N) is 3. The van der Waals surface area contributed by atoms with Gasteiger partial charge in [-0.2, -0.15) is 0 Å². The summed E-state index contributed by atoms with van der Waals surface area (Å²) in [6, 6.07) is 3.53. The number of aromatic amines is 1. The quantitative estimate of drug-likeness (QED) is 0.621. The van der Waals surface area contributed by atoms with Gasteiger partial charge in [0, 0.05) is 13.0 Å². The molecule has 0 spiro atoms. The van der Waals surface area contributed by atoms with Crippen LogP contribution in [0, 0.1) is 0 Å². The third-order valence-electron chi connectivity index (χ3n) is 2.66. The van der Waals surface area contributed by atoms with Crippen molar-refractivity contribution in [2.75, 3.05) is 17.2 Å². The zero-order valence-corrected chi connectivity index (χ0v) is 8.91. The molecule has 1 aromatic heterocycles. The Kier molecular flexibility index (Phi) is 2.07. The molecule has 1 amide bonds. The molecule has 0 unspecified atom stereocenters. The first-order valence-corrected chi connectivity index (χ1v) is 5.29. The van der Waals surface area contributed by atoms with Gasteiger partial charge in [-0.25, -0.2) is 4.98 Å². The number of carbonyl (C=O) groups is 1. The van der Waals surface area contributed by atoms with Crippen LogP contribution in [0.3, 0.4) is 0 Å². The van der Waals surface area contributed by atoms with E-state index in [1.807, 2.05) is 6.07 Å². The zero-order valence-electron chi connectivity index (χ0n) is 8.91. The lowest BCUT2D eigenvalue weighted by atomic mass is 10.2. The summed E-state index contributed by atoms with van der Waals surface area (Å²) in [4.78, 5) is 29.3. The molecule has 1 aromatic carbocycles. The van der Waals surface area contributed by atoms with E-state index >= 15 is 0 Å². The molecule has 0 radical (unpaired) electrons. The minimum atomic E-state index is -0.259. The number of nitrogens with zero attached hydrogens (tertiary/aromatic N) is 1. The lowest BCUT2D eigenvalue weighted by molar-refractivity contribution is -0.115. The molecule has 86 valence electrons. The number of H-pyrrole nitrogens is 1. The van der Waals surface area contributed by atoms with Crippen LogP contribution in [0.2, 0.25) is 0 Å². The Labute approximate surface area is 96.1 Å². The van der Waals surface area contributed by atoms with E-state index in [1.54, 1.807) is 6.07 Å². The van der Waals surface area contributed by atoms with Gasteiger partial charge in [0.2, 0.25) is 5.91 Å². The number of fused-ring (bicyclic) bond motifs is 2. The van der Waals surface area contributed by atoms with Crippen LogP contribution in [0.25, 0.3) is 11.0 Å². The summed E-state index contributed by atoms with van der Waals surface area (Å²) in [5.41, 5.74) is 2.53. The van der Waals surface area contributed by atoms with Crippen LogP contribution in [0.1, 0.15) is 6.42 Å². The van der Waals surface area contributed by atoms with Crippen molar-refractivity contribution in [3.05, 3.63) is 28.7 Å². The van der Waals surface area contributed by atoms with Crippen molar-refractivity contribution in [3.63, 3.8) is 0 Å². The summed E-state index contributed by atoms with van der Waals surface area (Å²) in [5, 5.41) is 5.93. The van der Waals surface area contributed by atoms with E-state index in [0.717, 1.165) is 5.69 Å². The summed E-state index contributed by atoms with van der Waals surface area (Å²) >= 11 is 0. The average Bonchev–Trinajstić information content (AvgIpc) is 2.46. The Bertz CT molecular complexity index is 662. The molecular weight excluding hydrogens is 220 g/mol. The van der Waals surface area contributed by atoms with Gasteiger partial charge < -0.3 is 15.6 Å². The highest BCUT2D eigenvalue weighted by atomic mass is 16.1. The van der Waals surface area contributed by atoms with Crippen molar-refractivity contribution in [1.29, 1.82) is 0 Å². The molecule has 17 heavy (non-hydrogen) atoms. The maximum atomic E-state index is 11.4. The fourth-order valence-electron chi connectivity index (χ4n) is 1.86. The fourth-order valence-corrected chi connectivity index (χ4v) is 1.86. The minimum Gasteiger partial charge on any atom is -0.383 e. The number of benzene rings is 1. The first-order chi connectivity index (χ1) is 8.22. The van der Waals surface area contributed by atoms with Crippen molar-refractivity contribution in [2.45, 2.75) is 6.42 Å². The van der Waals surface area contributed by atoms with Crippen molar-refractivity contribution in [2.24, 2.45) is 0 Å². The number of aromatic nitrogens is 2. The molecule has 0 bridgehead atoms. The van der Waals surface area contributed by atoms with Crippen LogP contribution in [-0.4, -0.2) is 22.4 Å². The predicted octanol–water partition coefficient (Wildman–Crippen LogP) is 0.677. The van der Waals surface area contributed by atoms with Crippen molar-refractivity contribution >= 4 is 28.3 Å². The van der Waals surface area contributed by atoms with Crippen LogP contribution in [0.4, 0.5) is 11.4 Å². The lowest BCUT2D eigenvalue weighted by Crippen LogP contribution is -2.11. The van der Waals surface area contributed by atoms with Gasteiger partial charge in [-0.05, 0) is 12.1 Å². The average molecular weight is 230 g/mol. The summed E-state index contributed by atoms with van der Waals surface area (Å²) < 4.78 is 0. The Hall–Kier alpha value is -2.37. The van der Waals surface area contributed by atoms with Crippen molar-refractivity contribution in [1.82, 2.24) is 9.97 Å². The molecule has 0 saturated heterocycles. The predicted molar refractivity (Wildman–Crippen MR) is 64.1 cm³/mol. The monoisotopic (exact) mass is 230 g/mol. The standard InChI is InChI=1S/C11H10N4O2/c16-10-1-2-12-6-3-7-9(4-8(6)14-10)15-11(17)5-13-7/h3-5,12H,1-2H2,(H,14,16)(H,15,17). The largest absolute Gasteiger partial charge is 0.383 e. The van der Waals surface area contributed by atoms with Gasteiger partial charge in [-0.3, -0.25) is 9.59 Å². The van der Waals surface area contributed by atoms with E-state index < -0.39 is 0 Å². The van der Waals surface area contributed by atoms with Crippen LogP contribution in [0.5, 0.6) is 0 Å². The second-order valence-electron chi connectivity index (χ2n) is 3.89. The second-order valence-corrected chi connectivity index (χ2v) is 3.89. The maximum absolute atomic E-state index is 11.4. The normalized spacial score (nSPS) is 14.7. The number of carbonyl (C=O) groups excluding carboxylic acids is 1. The molecule has 0 fully saturated rings. The summed E-state index contributed by atoms with van der Waals surface area (Å²) in [6.07, 6.45) is 1.67.